The maximum absolute atomic E-state index is 10.5. The summed E-state index contributed by atoms with van der Waals surface area (Å²) < 4.78 is 0. The average Bonchev–Trinajstić information content (AvgIpc) is 3.17. The van der Waals surface area contributed by atoms with E-state index in [2.05, 4.69) is 30.5 Å². The summed E-state index contributed by atoms with van der Waals surface area (Å²) in [6.45, 7) is 6.49. The van der Waals surface area contributed by atoms with Crippen molar-refractivity contribution in [1.82, 2.24) is 5.32 Å². The van der Waals surface area contributed by atoms with Gasteiger partial charge in [-0.15, -0.1) is 0 Å². The molecule has 1 saturated carbocycles. The maximum Gasteiger partial charge on any atom is 0.0654 e. The molecule has 0 bridgehead atoms. The standard InChI is InChI=1S/C24H41NO2/c1-3-4-11-24(2,27)12-5-6-21-22-16-19(15-20(22)17-23(21)26)8-7-18-9-13-25-14-10-18/h5-6,15,18,20-23,25-27H,3-4,7-14,16-17H2,1-2H3/t20-,21+,22-,23+,24-/m0/s1. The lowest BCUT2D eigenvalue weighted by Gasteiger charge is -2.23. The van der Waals surface area contributed by atoms with Crippen molar-refractivity contribution < 1.29 is 10.2 Å². The highest BCUT2D eigenvalue weighted by molar-refractivity contribution is 5.21. The molecule has 3 nitrogen and oxygen atoms in total. The number of nitrogens with one attached hydrogen (secondary N) is 1. The van der Waals surface area contributed by atoms with Crippen molar-refractivity contribution in [3.05, 3.63) is 23.8 Å². The first-order valence-electron chi connectivity index (χ1n) is 11.5. The fourth-order valence-corrected chi connectivity index (χ4v) is 5.49. The van der Waals surface area contributed by atoms with Crippen LogP contribution in [0.3, 0.4) is 0 Å². The van der Waals surface area contributed by atoms with Gasteiger partial charge in [0.15, 0.2) is 0 Å². The first-order valence-corrected chi connectivity index (χ1v) is 11.5. The van der Waals surface area contributed by atoms with E-state index in [0.717, 1.165) is 31.6 Å². The Balaban J connectivity index is 1.47. The Hall–Kier alpha value is -0.640. The first kappa shape index (κ1) is 21.1. The largest absolute Gasteiger partial charge is 0.392 e. The zero-order valence-electron chi connectivity index (χ0n) is 17.5. The minimum Gasteiger partial charge on any atom is -0.392 e. The molecule has 0 aromatic heterocycles. The van der Waals surface area contributed by atoms with Gasteiger partial charge >= 0.3 is 0 Å². The van der Waals surface area contributed by atoms with E-state index < -0.39 is 5.60 Å². The zero-order valence-corrected chi connectivity index (χ0v) is 17.5. The summed E-state index contributed by atoms with van der Waals surface area (Å²) >= 11 is 0. The molecule has 0 spiro atoms. The van der Waals surface area contributed by atoms with Gasteiger partial charge in [0.25, 0.3) is 0 Å². The van der Waals surface area contributed by atoms with E-state index in [-0.39, 0.29) is 12.0 Å². The van der Waals surface area contributed by atoms with Crippen LogP contribution in [0.4, 0.5) is 0 Å². The fourth-order valence-electron chi connectivity index (χ4n) is 5.49. The molecule has 2 fully saturated rings. The Morgan fingerprint density at radius 1 is 1.30 bits per heavy atom. The topological polar surface area (TPSA) is 52.5 Å². The summed E-state index contributed by atoms with van der Waals surface area (Å²) in [5.74, 6) is 2.32. The number of aliphatic hydroxyl groups excluding tert-OH is 1. The molecule has 0 radical (unpaired) electrons. The van der Waals surface area contributed by atoms with Crippen LogP contribution in [0, 0.1) is 23.7 Å². The Morgan fingerprint density at radius 3 is 2.81 bits per heavy atom. The lowest BCUT2D eigenvalue weighted by atomic mass is 9.86. The van der Waals surface area contributed by atoms with Gasteiger partial charge in [-0.3, -0.25) is 0 Å². The Labute approximate surface area is 166 Å². The van der Waals surface area contributed by atoms with Crippen LogP contribution in [-0.2, 0) is 0 Å². The van der Waals surface area contributed by atoms with Crippen molar-refractivity contribution in [1.29, 1.82) is 0 Å². The molecule has 3 rings (SSSR count). The molecule has 3 aliphatic rings. The van der Waals surface area contributed by atoms with Gasteiger partial charge in [-0.1, -0.05) is 43.6 Å². The molecular formula is C24H41NO2. The third-order valence-electron chi connectivity index (χ3n) is 7.27. The summed E-state index contributed by atoms with van der Waals surface area (Å²) in [6.07, 6.45) is 17.8. The predicted octanol–water partition coefficient (Wildman–Crippen LogP) is 4.60. The van der Waals surface area contributed by atoms with Gasteiger partial charge in [-0.05, 0) is 89.1 Å². The number of fused-ring (bicyclic) bond motifs is 1. The zero-order chi connectivity index (χ0) is 19.3. The van der Waals surface area contributed by atoms with Gasteiger partial charge in [0.2, 0.25) is 0 Å². The molecule has 1 saturated heterocycles. The van der Waals surface area contributed by atoms with Crippen molar-refractivity contribution in [2.45, 2.75) is 89.8 Å². The van der Waals surface area contributed by atoms with E-state index in [1.54, 1.807) is 5.57 Å². The van der Waals surface area contributed by atoms with Crippen LogP contribution in [0.1, 0.15) is 78.1 Å². The molecular weight excluding hydrogens is 334 g/mol. The highest BCUT2D eigenvalue weighted by Gasteiger charge is 2.43. The van der Waals surface area contributed by atoms with Crippen LogP contribution in [0.15, 0.2) is 23.8 Å². The smallest absolute Gasteiger partial charge is 0.0654 e. The van der Waals surface area contributed by atoms with Crippen molar-refractivity contribution >= 4 is 0 Å². The number of aliphatic hydroxyl groups is 2. The molecule has 0 aromatic rings. The first-order chi connectivity index (χ1) is 13.0. The van der Waals surface area contributed by atoms with Gasteiger partial charge in [0.1, 0.15) is 0 Å². The molecule has 1 aliphatic heterocycles. The quantitative estimate of drug-likeness (QED) is 0.516. The maximum atomic E-state index is 10.5. The second-order valence-electron chi connectivity index (χ2n) is 9.70. The minimum absolute atomic E-state index is 0.209. The second-order valence-corrected chi connectivity index (χ2v) is 9.70. The molecule has 0 aromatic carbocycles. The van der Waals surface area contributed by atoms with Gasteiger partial charge < -0.3 is 15.5 Å². The minimum atomic E-state index is -0.608. The van der Waals surface area contributed by atoms with Crippen LogP contribution < -0.4 is 5.32 Å². The fraction of sp³-hybridized carbons (Fsp3) is 0.833. The summed E-state index contributed by atoms with van der Waals surface area (Å²) in [4.78, 5) is 0. The van der Waals surface area contributed by atoms with Gasteiger partial charge in [0, 0.05) is 5.92 Å². The molecule has 5 atom stereocenters. The van der Waals surface area contributed by atoms with E-state index in [1.165, 1.54) is 45.2 Å². The lowest BCUT2D eigenvalue weighted by molar-refractivity contribution is 0.0513. The van der Waals surface area contributed by atoms with Crippen molar-refractivity contribution in [2.24, 2.45) is 23.7 Å². The Bertz CT molecular complexity index is 518. The second kappa shape index (κ2) is 9.71. The number of hydrogen-bond donors (Lipinski definition) is 3. The van der Waals surface area contributed by atoms with E-state index in [9.17, 15) is 10.2 Å². The third kappa shape index (κ3) is 5.92. The summed E-state index contributed by atoms with van der Waals surface area (Å²) in [6, 6.07) is 0. The van der Waals surface area contributed by atoms with Crippen LogP contribution in [0.5, 0.6) is 0 Å². The molecule has 0 amide bonds. The SMILES string of the molecule is CCCC[C@](C)(O)CC=C[C@@H]1[C@H]2CC(CCC3CCNCC3)=C[C@H]2C[C@H]1O. The lowest BCUT2D eigenvalue weighted by Crippen LogP contribution is -2.27. The van der Waals surface area contributed by atoms with E-state index in [1.807, 2.05) is 6.92 Å². The highest BCUT2D eigenvalue weighted by atomic mass is 16.3. The Kier molecular flexibility index (Phi) is 7.58. The molecule has 3 heteroatoms. The van der Waals surface area contributed by atoms with Crippen LogP contribution in [-0.4, -0.2) is 35.0 Å². The van der Waals surface area contributed by atoms with Crippen LogP contribution in [0.25, 0.3) is 0 Å². The molecule has 1 heterocycles. The van der Waals surface area contributed by atoms with E-state index in [0.29, 0.717) is 18.3 Å². The van der Waals surface area contributed by atoms with Crippen molar-refractivity contribution in [3.8, 4) is 0 Å². The van der Waals surface area contributed by atoms with Gasteiger partial charge in [-0.2, -0.15) is 0 Å². The number of allylic oxidation sites excluding steroid dienone is 2. The molecule has 3 N–H and O–H groups in total. The number of piperidine rings is 1. The van der Waals surface area contributed by atoms with Gasteiger partial charge in [0.05, 0.1) is 11.7 Å². The van der Waals surface area contributed by atoms with Crippen LogP contribution >= 0.6 is 0 Å². The third-order valence-corrected chi connectivity index (χ3v) is 7.27. The van der Waals surface area contributed by atoms with E-state index in [4.69, 9.17) is 0 Å². The molecule has 2 aliphatic carbocycles. The molecule has 154 valence electrons. The van der Waals surface area contributed by atoms with Crippen LogP contribution in [0.2, 0.25) is 0 Å². The summed E-state index contributed by atoms with van der Waals surface area (Å²) in [5.41, 5.74) is 1.03. The average molecular weight is 376 g/mol. The van der Waals surface area contributed by atoms with Crippen molar-refractivity contribution in [2.75, 3.05) is 13.1 Å². The summed E-state index contributed by atoms with van der Waals surface area (Å²) in [5, 5.41) is 24.5. The monoisotopic (exact) mass is 375 g/mol. The van der Waals surface area contributed by atoms with E-state index >= 15 is 0 Å². The molecule has 0 unspecified atom stereocenters. The molecule has 27 heavy (non-hydrogen) atoms. The van der Waals surface area contributed by atoms with Crippen molar-refractivity contribution in [3.63, 3.8) is 0 Å². The normalized spacial score (nSPS) is 34.0. The summed E-state index contributed by atoms with van der Waals surface area (Å²) in [7, 11) is 0. The number of rotatable bonds is 9. The Morgan fingerprint density at radius 2 is 2.07 bits per heavy atom. The highest BCUT2D eigenvalue weighted by Crippen LogP contribution is 2.48. The number of hydrogen-bond acceptors (Lipinski definition) is 3. The van der Waals surface area contributed by atoms with Gasteiger partial charge in [-0.25, -0.2) is 0 Å². The predicted molar refractivity (Wildman–Crippen MR) is 113 cm³/mol. The number of unbranched alkanes of at least 4 members (excludes halogenated alkanes) is 1.